The fourth-order valence-electron chi connectivity index (χ4n) is 1.72. The zero-order valence-electron chi connectivity index (χ0n) is 10.8. The maximum Gasteiger partial charge on any atom is 0.218 e. The van der Waals surface area contributed by atoms with Gasteiger partial charge >= 0.3 is 0 Å². The van der Waals surface area contributed by atoms with Gasteiger partial charge in [-0.15, -0.1) is 0 Å². The van der Waals surface area contributed by atoms with Crippen molar-refractivity contribution in [2.75, 3.05) is 31.6 Å². The normalized spacial score (nSPS) is 19.8. The molecule has 1 aliphatic rings. The van der Waals surface area contributed by atoms with Crippen LogP contribution >= 0.6 is 0 Å². The molecular formula is C12H20N4O2. The number of morpholine rings is 1. The summed E-state index contributed by atoms with van der Waals surface area (Å²) in [5.41, 5.74) is 0. The molecule has 2 heterocycles. The molecule has 1 aliphatic heterocycles. The van der Waals surface area contributed by atoms with Crippen LogP contribution in [0.3, 0.4) is 0 Å². The smallest absolute Gasteiger partial charge is 0.218 e. The molecule has 0 aromatic carbocycles. The molecule has 2 N–H and O–H groups in total. The average molecular weight is 252 g/mol. The maximum atomic E-state index is 5.52. The van der Waals surface area contributed by atoms with Crippen LogP contribution in [0.25, 0.3) is 0 Å². The highest BCUT2D eigenvalue weighted by Crippen LogP contribution is 2.12. The van der Waals surface area contributed by atoms with Gasteiger partial charge in [0.25, 0.3) is 0 Å². The summed E-state index contributed by atoms with van der Waals surface area (Å²) in [5.74, 6) is 1.36. The first-order valence-corrected chi connectivity index (χ1v) is 6.28. The van der Waals surface area contributed by atoms with E-state index in [2.05, 4.69) is 20.6 Å². The number of ether oxygens (including phenoxy) is 2. The van der Waals surface area contributed by atoms with Crippen molar-refractivity contribution < 1.29 is 9.47 Å². The van der Waals surface area contributed by atoms with Crippen LogP contribution in [0.5, 0.6) is 5.88 Å². The van der Waals surface area contributed by atoms with Gasteiger partial charge in [0.2, 0.25) is 5.88 Å². The van der Waals surface area contributed by atoms with Crippen molar-refractivity contribution in [1.82, 2.24) is 15.3 Å². The Morgan fingerprint density at radius 2 is 2.44 bits per heavy atom. The predicted octanol–water partition coefficient (Wildman–Crippen LogP) is 0.664. The lowest BCUT2D eigenvalue weighted by atomic mass is 10.3. The Kier molecular flexibility index (Phi) is 4.72. The molecule has 18 heavy (non-hydrogen) atoms. The highest BCUT2D eigenvalue weighted by atomic mass is 16.5. The number of nitrogens with zero attached hydrogens (tertiary/aromatic N) is 2. The first-order valence-electron chi connectivity index (χ1n) is 6.28. The lowest BCUT2D eigenvalue weighted by Gasteiger charge is -2.24. The van der Waals surface area contributed by atoms with E-state index in [4.69, 9.17) is 9.47 Å². The van der Waals surface area contributed by atoms with Crippen LogP contribution in [-0.4, -0.2) is 48.4 Å². The predicted molar refractivity (Wildman–Crippen MR) is 68.9 cm³/mol. The molecule has 100 valence electrons. The van der Waals surface area contributed by atoms with Gasteiger partial charge in [0.05, 0.1) is 19.3 Å². The second-order valence-electron chi connectivity index (χ2n) is 4.51. The van der Waals surface area contributed by atoms with Gasteiger partial charge in [-0.1, -0.05) is 0 Å². The molecule has 0 spiro atoms. The van der Waals surface area contributed by atoms with E-state index in [1.807, 2.05) is 19.9 Å². The summed E-state index contributed by atoms with van der Waals surface area (Å²) in [7, 11) is 0. The lowest BCUT2D eigenvalue weighted by molar-refractivity contribution is 0.0806. The molecule has 0 aliphatic carbocycles. The molecule has 2 rings (SSSR count). The topological polar surface area (TPSA) is 68.3 Å². The molecule has 1 aromatic heterocycles. The third-order valence-electron chi connectivity index (χ3n) is 2.53. The quantitative estimate of drug-likeness (QED) is 0.802. The largest absolute Gasteiger partial charge is 0.475 e. The Morgan fingerprint density at radius 1 is 1.56 bits per heavy atom. The highest BCUT2D eigenvalue weighted by Gasteiger charge is 2.12. The lowest BCUT2D eigenvalue weighted by Crippen LogP contribution is -2.45. The van der Waals surface area contributed by atoms with Crippen molar-refractivity contribution in [3.05, 3.63) is 12.4 Å². The van der Waals surface area contributed by atoms with Crippen LogP contribution in [0.4, 0.5) is 5.82 Å². The third kappa shape index (κ3) is 4.12. The summed E-state index contributed by atoms with van der Waals surface area (Å²) in [5, 5.41) is 6.63. The van der Waals surface area contributed by atoms with Gasteiger partial charge < -0.3 is 20.1 Å². The standard InChI is InChI=1S/C12H20N4O2/c1-9(2)18-12-5-11(15-8-16-12)14-6-10-7-17-4-3-13-10/h5,8-10,13H,3-4,6-7H2,1-2H3,(H,14,15,16). The maximum absolute atomic E-state index is 5.52. The van der Waals surface area contributed by atoms with Gasteiger partial charge in [0.15, 0.2) is 0 Å². The van der Waals surface area contributed by atoms with Gasteiger partial charge in [0, 0.05) is 25.2 Å². The van der Waals surface area contributed by atoms with E-state index in [1.54, 1.807) is 0 Å². The van der Waals surface area contributed by atoms with Gasteiger partial charge in [-0.05, 0) is 13.8 Å². The van der Waals surface area contributed by atoms with Crippen LogP contribution in [0, 0.1) is 0 Å². The summed E-state index contributed by atoms with van der Waals surface area (Å²) in [6.07, 6.45) is 1.62. The molecule has 1 atom stereocenters. The highest BCUT2D eigenvalue weighted by molar-refractivity contribution is 5.37. The average Bonchev–Trinajstić information content (AvgIpc) is 2.37. The number of rotatable bonds is 5. The van der Waals surface area contributed by atoms with Crippen molar-refractivity contribution in [2.45, 2.75) is 26.0 Å². The van der Waals surface area contributed by atoms with Crippen LogP contribution < -0.4 is 15.4 Å². The monoisotopic (exact) mass is 252 g/mol. The van der Waals surface area contributed by atoms with Crippen molar-refractivity contribution >= 4 is 5.82 Å². The Morgan fingerprint density at radius 3 is 3.17 bits per heavy atom. The molecule has 1 saturated heterocycles. The van der Waals surface area contributed by atoms with E-state index in [0.717, 1.165) is 32.1 Å². The number of anilines is 1. The summed E-state index contributed by atoms with van der Waals surface area (Å²) >= 11 is 0. The number of aromatic nitrogens is 2. The van der Waals surface area contributed by atoms with Gasteiger partial charge in [0.1, 0.15) is 12.1 Å². The minimum Gasteiger partial charge on any atom is -0.475 e. The van der Waals surface area contributed by atoms with Crippen LogP contribution in [0.2, 0.25) is 0 Å². The molecule has 1 aromatic rings. The van der Waals surface area contributed by atoms with Crippen LogP contribution in [-0.2, 0) is 4.74 Å². The molecule has 1 fully saturated rings. The fraction of sp³-hybridized carbons (Fsp3) is 0.667. The molecule has 0 amide bonds. The number of hydrogen-bond acceptors (Lipinski definition) is 6. The zero-order chi connectivity index (χ0) is 12.8. The molecule has 6 nitrogen and oxygen atoms in total. The third-order valence-corrected chi connectivity index (χ3v) is 2.53. The molecule has 0 saturated carbocycles. The van der Waals surface area contributed by atoms with Crippen LogP contribution in [0.15, 0.2) is 12.4 Å². The Hall–Kier alpha value is -1.40. The minimum atomic E-state index is 0.112. The van der Waals surface area contributed by atoms with E-state index in [1.165, 1.54) is 6.33 Å². The minimum absolute atomic E-state index is 0.112. The van der Waals surface area contributed by atoms with Crippen molar-refractivity contribution in [3.8, 4) is 5.88 Å². The second kappa shape index (κ2) is 6.51. The van der Waals surface area contributed by atoms with E-state index < -0.39 is 0 Å². The molecular weight excluding hydrogens is 232 g/mol. The number of hydrogen-bond donors (Lipinski definition) is 2. The van der Waals surface area contributed by atoms with Gasteiger partial charge in [-0.2, -0.15) is 0 Å². The van der Waals surface area contributed by atoms with Gasteiger partial charge in [-0.3, -0.25) is 0 Å². The summed E-state index contributed by atoms with van der Waals surface area (Å²) in [6.45, 7) is 7.14. The SMILES string of the molecule is CC(C)Oc1cc(NCC2COCCN2)ncn1. The molecule has 6 heteroatoms. The fourth-order valence-corrected chi connectivity index (χ4v) is 1.72. The van der Waals surface area contributed by atoms with Crippen molar-refractivity contribution in [2.24, 2.45) is 0 Å². The van der Waals surface area contributed by atoms with Crippen molar-refractivity contribution in [1.29, 1.82) is 0 Å². The van der Waals surface area contributed by atoms with E-state index in [-0.39, 0.29) is 6.10 Å². The van der Waals surface area contributed by atoms with E-state index in [9.17, 15) is 0 Å². The summed E-state index contributed by atoms with van der Waals surface area (Å²) in [4.78, 5) is 8.22. The Bertz CT molecular complexity index is 367. The van der Waals surface area contributed by atoms with Gasteiger partial charge in [-0.25, -0.2) is 9.97 Å². The summed E-state index contributed by atoms with van der Waals surface area (Å²) < 4.78 is 10.9. The van der Waals surface area contributed by atoms with E-state index in [0.29, 0.717) is 11.9 Å². The van der Waals surface area contributed by atoms with Crippen molar-refractivity contribution in [3.63, 3.8) is 0 Å². The molecule has 0 bridgehead atoms. The molecule has 0 radical (unpaired) electrons. The summed E-state index contributed by atoms with van der Waals surface area (Å²) in [6, 6.07) is 2.13. The van der Waals surface area contributed by atoms with Crippen LogP contribution in [0.1, 0.15) is 13.8 Å². The van der Waals surface area contributed by atoms with E-state index >= 15 is 0 Å². The first kappa shape index (κ1) is 13.0. The Labute approximate surface area is 107 Å². The zero-order valence-corrected chi connectivity index (χ0v) is 10.8. The number of nitrogens with one attached hydrogen (secondary N) is 2. The Balaban J connectivity index is 1.84. The second-order valence-corrected chi connectivity index (χ2v) is 4.51. The first-order chi connectivity index (χ1) is 8.74. The molecule has 1 unspecified atom stereocenters.